The van der Waals surface area contributed by atoms with Gasteiger partial charge in [0.2, 0.25) is 11.8 Å². The Balaban J connectivity index is 1.16. The van der Waals surface area contributed by atoms with E-state index < -0.39 is 12.6 Å². The number of hydrogen-bond donors (Lipinski definition) is 0. The van der Waals surface area contributed by atoms with Gasteiger partial charge >= 0.3 is 5.97 Å². The van der Waals surface area contributed by atoms with Crippen LogP contribution in [0.3, 0.4) is 0 Å². The molecule has 4 aromatic rings. The van der Waals surface area contributed by atoms with Gasteiger partial charge in [-0.3, -0.25) is 19.3 Å². The second-order valence-electron chi connectivity index (χ2n) is 11.5. The lowest BCUT2D eigenvalue weighted by atomic mass is 9.81. The predicted octanol–water partition coefficient (Wildman–Crippen LogP) is 6.44. The normalized spacial score (nSPS) is 22.6. The van der Waals surface area contributed by atoms with Crippen LogP contribution in [0.1, 0.15) is 45.5 Å². The number of imide groups is 1. The summed E-state index contributed by atoms with van der Waals surface area (Å²) in [5, 5.41) is 1.13. The lowest BCUT2D eigenvalue weighted by molar-refractivity contribution is -0.123. The summed E-state index contributed by atoms with van der Waals surface area (Å²) in [6, 6.07) is 20.8. The van der Waals surface area contributed by atoms with Gasteiger partial charge in [-0.05, 0) is 92.6 Å². The number of Topliss-reactive ketones (excluding diaryl/α,β-unsaturated/α-hetero) is 1. The number of anilines is 1. The number of rotatable bonds is 6. The first-order valence-corrected chi connectivity index (χ1v) is 14.5. The number of benzene rings is 3. The van der Waals surface area contributed by atoms with Crippen molar-refractivity contribution < 1.29 is 23.9 Å². The Kier molecular flexibility index (Phi) is 6.43. The molecule has 8 heteroatoms. The van der Waals surface area contributed by atoms with Crippen LogP contribution in [-0.4, -0.2) is 35.2 Å². The van der Waals surface area contributed by atoms with Gasteiger partial charge in [0.15, 0.2) is 12.4 Å². The van der Waals surface area contributed by atoms with Crippen molar-refractivity contribution >= 4 is 51.8 Å². The molecule has 42 heavy (non-hydrogen) atoms. The summed E-state index contributed by atoms with van der Waals surface area (Å²) in [5.74, 6) is -0.846. The van der Waals surface area contributed by atoms with E-state index in [1.807, 2.05) is 25.1 Å². The van der Waals surface area contributed by atoms with E-state index >= 15 is 0 Å². The zero-order valence-corrected chi connectivity index (χ0v) is 23.6. The summed E-state index contributed by atoms with van der Waals surface area (Å²) in [6.07, 6.45) is 3.06. The van der Waals surface area contributed by atoms with Gasteiger partial charge in [-0.15, -0.1) is 0 Å². The Hall–Kier alpha value is -4.36. The standard InChI is InChI=1S/C34H27ClN2O5/c1-18-2-13-27-25(14-18)26(34(41)42-17-29(38)20-5-9-23(35)10-6-20)16-28(36-27)19-7-11-24(12-8-19)37-32(39)30-21-3-4-22(15-21)31(30)33(37)40/h2,5-14,16,21-22,30-31H,3-4,15,17H2,1H3. The van der Waals surface area contributed by atoms with Crippen LogP contribution >= 0.6 is 11.6 Å². The van der Waals surface area contributed by atoms with Crippen molar-refractivity contribution in [3.63, 3.8) is 0 Å². The minimum Gasteiger partial charge on any atom is -0.454 e. The molecule has 1 aromatic heterocycles. The summed E-state index contributed by atoms with van der Waals surface area (Å²) in [5.41, 5.74) is 4.04. The van der Waals surface area contributed by atoms with Crippen LogP contribution in [-0.2, 0) is 14.3 Å². The number of pyridine rings is 1. The van der Waals surface area contributed by atoms with Gasteiger partial charge in [0.05, 0.1) is 34.3 Å². The van der Waals surface area contributed by atoms with Crippen molar-refractivity contribution in [2.45, 2.75) is 26.2 Å². The van der Waals surface area contributed by atoms with Crippen molar-refractivity contribution in [2.75, 3.05) is 11.5 Å². The number of aryl methyl sites for hydroxylation is 1. The smallest absolute Gasteiger partial charge is 0.339 e. The number of carbonyl (C=O) groups is 4. The number of nitrogens with zero attached hydrogens (tertiary/aromatic N) is 2. The summed E-state index contributed by atoms with van der Waals surface area (Å²) in [7, 11) is 0. The number of hydrogen-bond acceptors (Lipinski definition) is 6. The summed E-state index contributed by atoms with van der Waals surface area (Å²) in [4.78, 5) is 58.6. The topological polar surface area (TPSA) is 93.6 Å². The van der Waals surface area contributed by atoms with Crippen LogP contribution in [0.4, 0.5) is 5.69 Å². The lowest BCUT2D eigenvalue weighted by Gasteiger charge is -2.19. The molecule has 1 saturated heterocycles. The summed E-state index contributed by atoms with van der Waals surface area (Å²) >= 11 is 5.91. The number of halogens is 1. The number of amides is 2. The third-order valence-corrected chi connectivity index (χ3v) is 9.29. The molecule has 7 rings (SSSR count). The van der Waals surface area contributed by atoms with E-state index in [1.54, 1.807) is 54.6 Å². The summed E-state index contributed by atoms with van der Waals surface area (Å²) < 4.78 is 5.45. The monoisotopic (exact) mass is 578 g/mol. The van der Waals surface area contributed by atoms with Gasteiger partial charge < -0.3 is 4.74 Å². The number of ketones is 1. The highest BCUT2D eigenvalue weighted by Crippen LogP contribution is 2.56. The third kappa shape index (κ3) is 4.40. The fourth-order valence-electron chi connectivity index (χ4n) is 7.03. The molecule has 3 fully saturated rings. The van der Waals surface area contributed by atoms with E-state index in [0.29, 0.717) is 55.8 Å². The molecule has 2 amide bonds. The molecule has 3 aliphatic rings. The van der Waals surface area contributed by atoms with Gasteiger partial charge in [-0.25, -0.2) is 9.78 Å². The van der Waals surface area contributed by atoms with Crippen LogP contribution in [0.25, 0.3) is 22.2 Å². The van der Waals surface area contributed by atoms with Crippen molar-refractivity contribution in [1.29, 1.82) is 0 Å². The average Bonchev–Trinajstić information content (AvgIpc) is 3.69. The van der Waals surface area contributed by atoms with Crippen molar-refractivity contribution in [3.8, 4) is 11.3 Å². The van der Waals surface area contributed by atoms with Crippen LogP contribution in [0, 0.1) is 30.6 Å². The van der Waals surface area contributed by atoms with Crippen molar-refractivity contribution in [2.24, 2.45) is 23.7 Å². The van der Waals surface area contributed by atoms with E-state index in [4.69, 9.17) is 21.3 Å². The fourth-order valence-corrected chi connectivity index (χ4v) is 7.15. The fraction of sp³-hybridized carbons (Fsp3) is 0.265. The molecule has 2 bridgehead atoms. The maximum atomic E-state index is 13.3. The van der Waals surface area contributed by atoms with E-state index in [1.165, 1.54) is 4.90 Å². The number of esters is 1. The van der Waals surface area contributed by atoms with Crippen molar-refractivity contribution in [1.82, 2.24) is 4.98 Å². The molecule has 0 N–H and O–H groups in total. The van der Waals surface area contributed by atoms with Crippen LogP contribution in [0.2, 0.25) is 5.02 Å². The van der Waals surface area contributed by atoms with Gasteiger partial charge in [-0.1, -0.05) is 35.4 Å². The molecule has 3 aromatic carbocycles. The second-order valence-corrected chi connectivity index (χ2v) is 12.0. The Bertz CT molecular complexity index is 1750. The van der Waals surface area contributed by atoms with E-state index in [-0.39, 0.29) is 29.4 Å². The Labute approximate surface area is 247 Å². The number of fused-ring (bicyclic) bond motifs is 6. The Morgan fingerprint density at radius 3 is 2.24 bits per heavy atom. The Morgan fingerprint density at radius 2 is 1.57 bits per heavy atom. The van der Waals surface area contributed by atoms with Gasteiger partial charge in [0.1, 0.15) is 0 Å². The largest absolute Gasteiger partial charge is 0.454 e. The van der Waals surface area contributed by atoms with Gasteiger partial charge in [0.25, 0.3) is 0 Å². The molecule has 2 heterocycles. The predicted molar refractivity (Wildman–Crippen MR) is 158 cm³/mol. The van der Waals surface area contributed by atoms with Crippen LogP contribution in [0.5, 0.6) is 0 Å². The molecule has 1 aliphatic heterocycles. The lowest BCUT2D eigenvalue weighted by Crippen LogP contribution is -2.32. The molecule has 2 aliphatic carbocycles. The molecule has 2 saturated carbocycles. The first kappa shape index (κ1) is 26.5. The third-order valence-electron chi connectivity index (χ3n) is 9.03. The highest BCUT2D eigenvalue weighted by Gasteiger charge is 2.61. The van der Waals surface area contributed by atoms with E-state index in [2.05, 4.69) is 0 Å². The average molecular weight is 579 g/mol. The first-order valence-electron chi connectivity index (χ1n) is 14.1. The molecule has 7 nitrogen and oxygen atoms in total. The zero-order valence-electron chi connectivity index (χ0n) is 22.9. The molecule has 210 valence electrons. The molecule has 0 radical (unpaired) electrons. The van der Waals surface area contributed by atoms with E-state index in [9.17, 15) is 19.2 Å². The SMILES string of the molecule is Cc1ccc2nc(-c3ccc(N4C(=O)C5C6CCC(C6)C5C4=O)cc3)cc(C(=O)OCC(=O)c3ccc(Cl)cc3)c2c1. The summed E-state index contributed by atoms with van der Waals surface area (Å²) in [6.45, 7) is 1.51. The molecule has 4 unspecified atom stereocenters. The van der Waals surface area contributed by atoms with Gasteiger partial charge in [-0.2, -0.15) is 0 Å². The highest BCUT2D eigenvalue weighted by atomic mass is 35.5. The van der Waals surface area contributed by atoms with E-state index in [0.717, 1.165) is 24.8 Å². The maximum Gasteiger partial charge on any atom is 0.339 e. The molecule has 4 atom stereocenters. The number of carbonyl (C=O) groups excluding carboxylic acids is 4. The minimum atomic E-state index is -0.636. The minimum absolute atomic E-state index is 0.0812. The highest BCUT2D eigenvalue weighted by molar-refractivity contribution is 6.30. The molecular formula is C34H27ClN2O5. The van der Waals surface area contributed by atoms with Crippen LogP contribution < -0.4 is 4.90 Å². The van der Waals surface area contributed by atoms with Gasteiger partial charge in [0, 0.05) is 21.5 Å². The van der Waals surface area contributed by atoms with Crippen LogP contribution in [0.15, 0.2) is 72.8 Å². The first-order chi connectivity index (χ1) is 20.3. The molecular weight excluding hydrogens is 552 g/mol. The molecule has 0 spiro atoms. The number of aromatic nitrogens is 1. The Morgan fingerprint density at radius 1 is 0.905 bits per heavy atom. The maximum absolute atomic E-state index is 13.3. The second kappa shape index (κ2) is 10.2. The quantitative estimate of drug-likeness (QED) is 0.148. The van der Waals surface area contributed by atoms with Crippen molar-refractivity contribution in [3.05, 3.63) is 94.5 Å². The number of ether oxygens (including phenoxy) is 1. The zero-order chi connectivity index (χ0) is 29.1.